The van der Waals surface area contributed by atoms with E-state index >= 15 is 0 Å². The van der Waals surface area contributed by atoms with Crippen LogP contribution in [0.15, 0.2) is 48.5 Å². The molecule has 0 heterocycles. The Hall–Kier alpha value is -2.26. The predicted octanol–water partition coefficient (Wildman–Crippen LogP) is 3.60. The Balaban J connectivity index is 1.87. The zero-order valence-corrected chi connectivity index (χ0v) is 13.4. The fourth-order valence-electron chi connectivity index (χ4n) is 1.74. The van der Waals surface area contributed by atoms with E-state index in [9.17, 15) is 24.4 Å². The van der Waals surface area contributed by atoms with E-state index in [1.54, 1.807) is 24.3 Å². The number of rotatable bonds is 7. The number of hydrogen-bond acceptors (Lipinski definition) is 6. The third-order valence-corrected chi connectivity index (χ3v) is 5.71. The number of nitro benzene ring substituents is 2. The van der Waals surface area contributed by atoms with Crippen molar-refractivity contribution in [2.75, 3.05) is 0 Å². The molecule has 0 saturated heterocycles. The summed E-state index contributed by atoms with van der Waals surface area (Å²) in [6.07, 6.45) is 0. The molecule has 0 aliphatic heterocycles. The van der Waals surface area contributed by atoms with Gasteiger partial charge in [-0.25, -0.2) is 4.21 Å². The van der Waals surface area contributed by atoms with Crippen molar-refractivity contribution in [2.24, 2.45) is 0 Å². The molecule has 0 amide bonds. The van der Waals surface area contributed by atoms with Crippen LogP contribution in [-0.2, 0) is 21.3 Å². The Morgan fingerprint density at radius 1 is 0.826 bits per heavy atom. The molecule has 0 saturated carbocycles. The fraction of sp³-hybridized carbons (Fsp3) is 0.143. The van der Waals surface area contributed by atoms with Crippen LogP contribution in [-0.4, -0.2) is 14.1 Å². The van der Waals surface area contributed by atoms with Gasteiger partial charge in [-0.15, -0.1) is 0 Å². The van der Waals surface area contributed by atoms with E-state index in [2.05, 4.69) is 0 Å². The maximum Gasteiger partial charge on any atom is 0.269 e. The van der Waals surface area contributed by atoms with Crippen molar-refractivity contribution in [3.8, 4) is 0 Å². The summed E-state index contributed by atoms with van der Waals surface area (Å²) in [6, 6.07) is 12.0. The quantitative estimate of drug-likeness (QED) is 0.428. The van der Waals surface area contributed by atoms with Gasteiger partial charge in [-0.1, -0.05) is 35.1 Å². The molecular formula is C14H12N2O5S2. The molecule has 2 rings (SSSR count). The number of nitrogens with zero attached hydrogens (tertiary/aromatic N) is 2. The van der Waals surface area contributed by atoms with Crippen LogP contribution in [0.2, 0.25) is 0 Å². The largest absolute Gasteiger partial charge is 0.269 e. The van der Waals surface area contributed by atoms with E-state index in [-0.39, 0.29) is 17.1 Å². The first-order chi connectivity index (χ1) is 11.0. The summed E-state index contributed by atoms with van der Waals surface area (Å²) in [5.41, 5.74) is 1.62. The minimum atomic E-state index is -1.19. The van der Waals surface area contributed by atoms with E-state index in [0.717, 1.165) is 11.1 Å². The second-order valence-corrected chi connectivity index (χ2v) is 7.80. The van der Waals surface area contributed by atoms with E-state index in [1.807, 2.05) is 0 Å². The van der Waals surface area contributed by atoms with Crippen LogP contribution in [0, 0.1) is 20.2 Å². The van der Waals surface area contributed by atoms with Gasteiger partial charge in [0.25, 0.3) is 11.4 Å². The molecule has 9 heteroatoms. The molecule has 0 N–H and O–H groups in total. The van der Waals surface area contributed by atoms with Crippen molar-refractivity contribution in [1.82, 2.24) is 0 Å². The molecule has 1 atom stereocenters. The van der Waals surface area contributed by atoms with Crippen LogP contribution < -0.4 is 0 Å². The van der Waals surface area contributed by atoms with Crippen molar-refractivity contribution in [3.05, 3.63) is 79.9 Å². The highest BCUT2D eigenvalue weighted by molar-refractivity contribution is 8.68. The SMILES string of the molecule is O=[N+]([O-])c1ccc(CSS(=O)Cc2ccc([N+](=O)[O-])cc2)cc1. The Kier molecular flexibility index (Phi) is 5.83. The highest BCUT2D eigenvalue weighted by Crippen LogP contribution is 2.22. The van der Waals surface area contributed by atoms with Gasteiger partial charge in [-0.05, 0) is 11.1 Å². The zero-order chi connectivity index (χ0) is 16.8. The minimum Gasteiger partial charge on any atom is -0.258 e. The predicted molar refractivity (Wildman–Crippen MR) is 89.3 cm³/mol. The Bertz CT molecular complexity index is 732. The van der Waals surface area contributed by atoms with Gasteiger partial charge in [0, 0.05) is 30.0 Å². The van der Waals surface area contributed by atoms with Crippen molar-refractivity contribution in [2.45, 2.75) is 11.5 Å². The average molecular weight is 352 g/mol. The Morgan fingerprint density at radius 3 is 1.70 bits per heavy atom. The second kappa shape index (κ2) is 7.84. The molecule has 0 aliphatic rings. The lowest BCUT2D eigenvalue weighted by atomic mass is 10.2. The molecule has 2 aromatic carbocycles. The topological polar surface area (TPSA) is 103 Å². The average Bonchev–Trinajstić information content (AvgIpc) is 2.54. The van der Waals surface area contributed by atoms with Gasteiger partial charge in [0.2, 0.25) is 0 Å². The van der Waals surface area contributed by atoms with Gasteiger partial charge < -0.3 is 0 Å². The van der Waals surface area contributed by atoms with Crippen molar-refractivity contribution in [1.29, 1.82) is 0 Å². The first-order valence-corrected chi connectivity index (χ1v) is 9.26. The van der Waals surface area contributed by atoms with Crippen LogP contribution in [0.1, 0.15) is 11.1 Å². The molecule has 2 aromatic rings. The highest BCUT2D eigenvalue weighted by atomic mass is 33.1. The van der Waals surface area contributed by atoms with Crippen molar-refractivity contribution >= 4 is 32.0 Å². The molecule has 120 valence electrons. The molecule has 0 aliphatic carbocycles. The summed E-state index contributed by atoms with van der Waals surface area (Å²) in [4.78, 5) is 20.2. The monoisotopic (exact) mass is 352 g/mol. The first-order valence-electron chi connectivity index (χ1n) is 6.44. The molecule has 0 fully saturated rings. The van der Waals surface area contributed by atoms with Gasteiger partial charge >= 0.3 is 0 Å². The lowest BCUT2D eigenvalue weighted by Crippen LogP contribution is -1.94. The van der Waals surface area contributed by atoms with E-state index in [4.69, 9.17) is 0 Å². The summed E-state index contributed by atoms with van der Waals surface area (Å²) in [7, 11) is 0.0276. The van der Waals surface area contributed by atoms with Crippen LogP contribution in [0.3, 0.4) is 0 Å². The molecule has 7 nitrogen and oxygen atoms in total. The fourth-order valence-corrected chi connectivity index (χ4v) is 4.21. The first kappa shape index (κ1) is 17.1. The van der Waals surface area contributed by atoms with Crippen LogP contribution in [0.4, 0.5) is 11.4 Å². The smallest absolute Gasteiger partial charge is 0.258 e. The van der Waals surface area contributed by atoms with Gasteiger partial charge in [0.15, 0.2) is 0 Å². The maximum absolute atomic E-state index is 12.0. The van der Waals surface area contributed by atoms with E-state index in [0.29, 0.717) is 5.75 Å². The summed E-state index contributed by atoms with van der Waals surface area (Å²) in [5, 5.41) is 21.1. The Morgan fingerprint density at radius 2 is 1.26 bits per heavy atom. The molecule has 1 unspecified atom stereocenters. The summed E-state index contributed by atoms with van der Waals surface area (Å²) in [6.45, 7) is 0. The normalized spacial score (nSPS) is 11.8. The van der Waals surface area contributed by atoms with Crippen molar-refractivity contribution in [3.63, 3.8) is 0 Å². The lowest BCUT2D eigenvalue weighted by Gasteiger charge is -2.03. The highest BCUT2D eigenvalue weighted by Gasteiger charge is 2.08. The molecule has 0 bridgehead atoms. The van der Waals surface area contributed by atoms with E-state index < -0.39 is 19.7 Å². The van der Waals surface area contributed by atoms with Crippen LogP contribution in [0.5, 0.6) is 0 Å². The van der Waals surface area contributed by atoms with E-state index in [1.165, 1.54) is 35.1 Å². The van der Waals surface area contributed by atoms with Crippen molar-refractivity contribution < 1.29 is 14.1 Å². The van der Waals surface area contributed by atoms with Gasteiger partial charge in [-0.2, -0.15) is 0 Å². The van der Waals surface area contributed by atoms with Gasteiger partial charge in [0.05, 0.1) is 25.4 Å². The lowest BCUT2D eigenvalue weighted by molar-refractivity contribution is -0.385. The standard InChI is InChI=1S/C14H12N2O5S2/c17-15(18)13-5-1-11(2-6-13)9-22-23(21)10-12-3-7-14(8-4-12)16(19)20/h1-8H,9-10H2. The molecule has 23 heavy (non-hydrogen) atoms. The number of hydrogen-bond donors (Lipinski definition) is 0. The Labute approximate surface area is 137 Å². The number of nitro groups is 2. The van der Waals surface area contributed by atoms with Gasteiger partial charge in [-0.3, -0.25) is 20.2 Å². The minimum absolute atomic E-state index is 0.00179. The van der Waals surface area contributed by atoms with Gasteiger partial charge in [0.1, 0.15) is 0 Å². The summed E-state index contributed by atoms with van der Waals surface area (Å²) >= 11 is 0. The number of non-ortho nitro benzene ring substituents is 2. The summed E-state index contributed by atoms with van der Waals surface area (Å²) in [5.74, 6) is 0.757. The zero-order valence-electron chi connectivity index (χ0n) is 11.8. The third kappa shape index (κ3) is 5.15. The molecule has 0 radical (unpaired) electrons. The molecule has 0 aromatic heterocycles. The molecular weight excluding hydrogens is 340 g/mol. The maximum atomic E-state index is 12.0. The van der Waals surface area contributed by atoms with Crippen LogP contribution >= 0.6 is 10.8 Å². The number of benzene rings is 2. The van der Waals surface area contributed by atoms with Crippen LogP contribution in [0.25, 0.3) is 0 Å². The third-order valence-electron chi connectivity index (χ3n) is 2.94. The molecule has 0 spiro atoms. The summed E-state index contributed by atoms with van der Waals surface area (Å²) < 4.78 is 12.0. The second-order valence-electron chi connectivity index (χ2n) is 4.56.